The van der Waals surface area contributed by atoms with Crippen LogP contribution in [0.3, 0.4) is 0 Å². The molecule has 166 valence electrons. The predicted octanol–water partition coefficient (Wildman–Crippen LogP) is 1.43. The van der Waals surface area contributed by atoms with Gasteiger partial charge in [0.25, 0.3) is 0 Å². The fourth-order valence-electron chi connectivity index (χ4n) is 3.39. The minimum Gasteiger partial charge on any atom is -1.00 e. The van der Waals surface area contributed by atoms with Gasteiger partial charge in [-0.25, -0.2) is 12.2 Å². The molecule has 3 heteroatoms. The third-order valence-electron chi connectivity index (χ3n) is 5.10. The molecule has 0 heterocycles. The molecule has 0 fully saturated rings. The normalized spacial score (nSPS) is 11.2. The second-order valence-corrected chi connectivity index (χ2v) is 9.16. The number of hydrogen-bond donors (Lipinski definition) is 0. The minimum absolute atomic E-state index is 0. The second kappa shape index (κ2) is 15.0. The molecule has 0 unspecified atom stereocenters. The van der Waals surface area contributed by atoms with Gasteiger partial charge in [0.1, 0.15) is 0 Å². The Labute approximate surface area is 226 Å². The topological polar surface area (TPSA) is 0 Å². The van der Waals surface area contributed by atoms with Crippen LogP contribution in [0.2, 0.25) is 0 Å². The van der Waals surface area contributed by atoms with E-state index in [0.29, 0.717) is 0 Å². The number of fused-ring (bicyclic) bond motifs is 3. The van der Waals surface area contributed by atoms with E-state index in [0.717, 1.165) is 18.4 Å². The number of allylic oxidation sites excluding steroid dienone is 4. The van der Waals surface area contributed by atoms with Gasteiger partial charge in [-0.05, 0) is 12.0 Å². The van der Waals surface area contributed by atoms with Crippen molar-refractivity contribution in [3.63, 3.8) is 0 Å². The van der Waals surface area contributed by atoms with Crippen molar-refractivity contribution in [2.45, 2.75) is 19.8 Å². The molecule has 0 aromatic heterocycles. The fourth-order valence-corrected chi connectivity index (χ4v) is 3.80. The van der Waals surface area contributed by atoms with Crippen molar-refractivity contribution >= 4 is 15.4 Å². The first-order chi connectivity index (χ1) is 15.1. The van der Waals surface area contributed by atoms with Crippen LogP contribution < -0.4 is 24.8 Å². The molecule has 0 atom stereocenters. The van der Waals surface area contributed by atoms with E-state index in [1.807, 2.05) is 36.4 Å². The minimum atomic E-state index is 0. The molecule has 0 aliphatic heterocycles. The first-order valence-electron chi connectivity index (χ1n) is 10.4. The summed E-state index contributed by atoms with van der Waals surface area (Å²) in [5, 5.41) is 0. The van der Waals surface area contributed by atoms with Crippen molar-refractivity contribution in [2.75, 3.05) is 0 Å². The second-order valence-electron chi connectivity index (χ2n) is 7.32. The quantitative estimate of drug-likeness (QED) is 0.340. The molecule has 0 amide bonds. The van der Waals surface area contributed by atoms with Crippen molar-refractivity contribution < 1.29 is 49.0 Å². The molecule has 0 N–H and O–H groups in total. The van der Waals surface area contributed by atoms with E-state index in [1.165, 1.54) is 60.8 Å². The van der Waals surface area contributed by atoms with Gasteiger partial charge in [-0.3, -0.25) is 6.08 Å². The standard InChI is InChI=1S/C17H13.C8H8.C5H5.2ClH.Zr/c1-3-12-5-7-14-11-15-8-6-13(4-2)10-17(15)16(14)9-12;1-2-8-6-4-3-5-7-8;1-2-4-5-3-1;;;/h3-7,9-10H,1-2,11H2;3-7H,1H3;1-3H,4H2;2*1H;/q-1;;-1;;;+2/p-2. The Balaban J connectivity index is 0.000000287. The third kappa shape index (κ3) is 8.35. The number of hydrogen-bond acceptors (Lipinski definition) is 0. The van der Waals surface area contributed by atoms with Crippen molar-refractivity contribution in [2.24, 2.45) is 0 Å². The third-order valence-corrected chi connectivity index (χ3v) is 5.81. The summed E-state index contributed by atoms with van der Waals surface area (Å²) in [6.07, 6.45) is 14.7. The van der Waals surface area contributed by atoms with Gasteiger partial charge in [-0.2, -0.15) is 29.8 Å². The van der Waals surface area contributed by atoms with Crippen LogP contribution in [-0.4, -0.2) is 3.21 Å². The van der Waals surface area contributed by atoms with Gasteiger partial charge >= 0.3 is 70.3 Å². The van der Waals surface area contributed by atoms with Gasteiger partial charge in [0.2, 0.25) is 0 Å². The van der Waals surface area contributed by atoms with Crippen LogP contribution in [0.15, 0.2) is 92.0 Å². The van der Waals surface area contributed by atoms with Gasteiger partial charge in [0.15, 0.2) is 0 Å². The zero-order valence-corrected chi connectivity index (χ0v) is 22.7. The average Bonchev–Trinajstić information content (AvgIpc) is 3.51. The average molecular weight is 549 g/mol. The van der Waals surface area contributed by atoms with Crippen LogP contribution in [0.4, 0.5) is 0 Å². The molecular formula is C30H26Cl2Zr-2. The van der Waals surface area contributed by atoms with Crippen molar-refractivity contribution in [1.29, 1.82) is 0 Å². The van der Waals surface area contributed by atoms with Crippen LogP contribution in [0, 0.1) is 12.1 Å². The molecule has 0 radical (unpaired) electrons. The van der Waals surface area contributed by atoms with Crippen LogP contribution in [0.1, 0.15) is 41.2 Å². The monoisotopic (exact) mass is 546 g/mol. The van der Waals surface area contributed by atoms with Gasteiger partial charge in [-0.1, -0.05) is 42.0 Å². The summed E-state index contributed by atoms with van der Waals surface area (Å²) in [6, 6.07) is 24.5. The maximum Gasteiger partial charge on any atom is -0.109 e. The molecule has 33 heavy (non-hydrogen) atoms. The van der Waals surface area contributed by atoms with Crippen LogP contribution in [-0.2, 0) is 30.7 Å². The Kier molecular flexibility index (Phi) is 13.1. The Bertz CT molecular complexity index is 1080. The Hall–Kier alpha value is -2.05. The molecule has 3 aromatic carbocycles. The molecular weight excluding hydrogens is 522 g/mol. The van der Waals surface area contributed by atoms with Crippen LogP contribution in [0.25, 0.3) is 23.3 Å². The SMILES string of the molecule is C=Cc1c[c-]c2c(c1)-c1cc(C=C)ccc1C2.C[C](=[Zr+2])c1ccccc1.[C-]1=CC=CC1.[Cl-].[Cl-]. The van der Waals surface area contributed by atoms with E-state index in [1.54, 1.807) is 0 Å². The number of rotatable bonds is 3. The molecule has 5 rings (SSSR count). The van der Waals surface area contributed by atoms with Gasteiger partial charge in [-0.15, -0.1) is 30.2 Å². The number of benzene rings is 3. The fraction of sp³-hybridized carbons (Fsp3) is 0.100. The van der Waals surface area contributed by atoms with Gasteiger partial charge in [0, 0.05) is 0 Å². The predicted molar refractivity (Wildman–Crippen MR) is 131 cm³/mol. The van der Waals surface area contributed by atoms with E-state index in [9.17, 15) is 0 Å². The van der Waals surface area contributed by atoms with Crippen molar-refractivity contribution in [3.8, 4) is 11.1 Å². The summed E-state index contributed by atoms with van der Waals surface area (Å²) >= 11 is 1.51. The Morgan fingerprint density at radius 3 is 2.15 bits per heavy atom. The van der Waals surface area contributed by atoms with Gasteiger partial charge in [0.05, 0.1) is 0 Å². The van der Waals surface area contributed by atoms with E-state index >= 15 is 0 Å². The Morgan fingerprint density at radius 2 is 1.64 bits per heavy atom. The van der Waals surface area contributed by atoms with E-state index in [4.69, 9.17) is 0 Å². The maximum atomic E-state index is 3.82. The zero-order chi connectivity index (χ0) is 22.1. The summed E-state index contributed by atoms with van der Waals surface area (Å²) in [7, 11) is 0. The van der Waals surface area contributed by atoms with Gasteiger partial charge < -0.3 is 24.8 Å². The molecule has 2 aliphatic rings. The van der Waals surface area contributed by atoms with Crippen molar-refractivity contribution in [3.05, 3.63) is 132 Å². The first kappa shape index (κ1) is 29.0. The van der Waals surface area contributed by atoms with E-state index in [2.05, 4.69) is 86.8 Å². The first-order valence-corrected chi connectivity index (χ1v) is 11.6. The summed E-state index contributed by atoms with van der Waals surface area (Å²) in [5.74, 6) is 0. The molecule has 0 spiro atoms. The van der Waals surface area contributed by atoms with Crippen molar-refractivity contribution in [1.82, 2.24) is 0 Å². The van der Waals surface area contributed by atoms with E-state index < -0.39 is 0 Å². The van der Waals surface area contributed by atoms with E-state index in [-0.39, 0.29) is 24.8 Å². The summed E-state index contributed by atoms with van der Waals surface area (Å²) in [5.41, 5.74) is 8.94. The summed E-state index contributed by atoms with van der Waals surface area (Å²) < 4.78 is 1.46. The smallest absolute Gasteiger partial charge is 0.109 e. The zero-order valence-electron chi connectivity index (χ0n) is 18.7. The molecule has 0 nitrogen and oxygen atoms in total. The molecule has 3 aromatic rings. The Morgan fingerprint density at radius 1 is 0.939 bits per heavy atom. The molecule has 2 aliphatic carbocycles. The maximum absolute atomic E-state index is 3.82. The molecule has 0 bridgehead atoms. The molecule has 0 saturated carbocycles. The summed E-state index contributed by atoms with van der Waals surface area (Å²) in [6.45, 7) is 9.79. The summed E-state index contributed by atoms with van der Waals surface area (Å²) in [4.78, 5) is 0. The van der Waals surface area contributed by atoms with Crippen LogP contribution in [0.5, 0.6) is 0 Å². The molecule has 0 saturated heterocycles. The largest absolute Gasteiger partial charge is 1.00 e. The van der Waals surface area contributed by atoms with Crippen LogP contribution >= 0.6 is 0 Å². The number of halogens is 2.